The zero-order valence-corrected chi connectivity index (χ0v) is 12.3. The predicted molar refractivity (Wildman–Crippen MR) is 79.3 cm³/mol. The van der Waals surface area contributed by atoms with Crippen LogP contribution in [0, 0.1) is 5.92 Å². The average molecular weight is 266 g/mol. The molecule has 0 radical (unpaired) electrons. The van der Waals surface area contributed by atoms with Crippen LogP contribution in [0.3, 0.4) is 0 Å². The summed E-state index contributed by atoms with van der Waals surface area (Å²) in [6.07, 6.45) is 2.59. The first kappa shape index (κ1) is 13.9. The highest BCUT2D eigenvalue weighted by Crippen LogP contribution is 2.20. The highest BCUT2D eigenvalue weighted by Gasteiger charge is 2.18. The van der Waals surface area contributed by atoms with Crippen molar-refractivity contribution in [2.75, 3.05) is 19.0 Å². The molecule has 1 unspecified atom stereocenters. The molecule has 18 heavy (non-hydrogen) atoms. The van der Waals surface area contributed by atoms with Crippen LogP contribution in [-0.2, 0) is 6.54 Å². The lowest BCUT2D eigenvalue weighted by Crippen LogP contribution is -2.35. The summed E-state index contributed by atoms with van der Waals surface area (Å²) in [5, 5.41) is 0. The number of alkyl halides is 1. The van der Waals surface area contributed by atoms with Gasteiger partial charge in [-0.2, -0.15) is 0 Å². The standard InChI is InChI=1S/C16H24ClN/c1-13(2)16-7-5-14(6-8-16)11-18-9-3-4-15(10-17)12-18/h5-8,13,15H,3-4,9-12H2,1-2H3. The maximum atomic E-state index is 5.98. The van der Waals surface area contributed by atoms with E-state index in [0.29, 0.717) is 11.8 Å². The van der Waals surface area contributed by atoms with Gasteiger partial charge < -0.3 is 0 Å². The van der Waals surface area contributed by atoms with Crippen molar-refractivity contribution in [2.45, 2.75) is 39.2 Å². The quantitative estimate of drug-likeness (QED) is 0.736. The molecule has 0 amide bonds. The monoisotopic (exact) mass is 265 g/mol. The van der Waals surface area contributed by atoms with E-state index in [9.17, 15) is 0 Å². The van der Waals surface area contributed by atoms with Crippen LogP contribution in [0.2, 0.25) is 0 Å². The normalized spacial score (nSPS) is 21.4. The van der Waals surface area contributed by atoms with E-state index >= 15 is 0 Å². The number of rotatable bonds is 4. The second-order valence-corrected chi connectivity index (χ2v) is 6.10. The molecule has 0 aliphatic carbocycles. The number of halogens is 1. The summed E-state index contributed by atoms with van der Waals surface area (Å²) >= 11 is 5.98. The fourth-order valence-electron chi connectivity index (χ4n) is 2.69. The van der Waals surface area contributed by atoms with E-state index in [1.807, 2.05) is 0 Å². The molecule has 1 atom stereocenters. The lowest BCUT2D eigenvalue weighted by Gasteiger charge is -2.31. The molecule has 100 valence electrons. The van der Waals surface area contributed by atoms with E-state index in [1.54, 1.807) is 0 Å². The molecule has 2 heteroatoms. The van der Waals surface area contributed by atoms with Gasteiger partial charge in [0.1, 0.15) is 0 Å². The van der Waals surface area contributed by atoms with Gasteiger partial charge in [0.05, 0.1) is 0 Å². The summed E-state index contributed by atoms with van der Waals surface area (Å²) in [6.45, 7) is 7.94. The first-order valence-electron chi connectivity index (χ1n) is 7.06. The van der Waals surface area contributed by atoms with Crippen molar-refractivity contribution in [1.82, 2.24) is 4.90 Å². The molecule has 1 nitrogen and oxygen atoms in total. The molecular formula is C16H24ClN. The zero-order valence-electron chi connectivity index (χ0n) is 11.5. The molecule has 1 saturated heterocycles. The summed E-state index contributed by atoms with van der Waals surface area (Å²) in [5.41, 5.74) is 2.85. The van der Waals surface area contributed by atoms with Crippen LogP contribution >= 0.6 is 11.6 Å². The molecule has 1 aliphatic rings. The molecule has 0 spiro atoms. The number of nitrogens with zero attached hydrogens (tertiary/aromatic N) is 1. The van der Waals surface area contributed by atoms with Gasteiger partial charge in [-0.15, -0.1) is 11.6 Å². The summed E-state index contributed by atoms with van der Waals surface area (Å²) in [5.74, 6) is 2.12. The van der Waals surface area contributed by atoms with E-state index in [2.05, 4.69) is 43.0 Å². The Morgan fingerprint density at radius 1 is 1.28 bits per heavy atom. The SMILES string of the molecule is CC(C)c1ccc(CN2CCCC(CCl)C2)cc1. The van der Waals surface area contributed by atoms with Gasteiger partial charge in [-0.3, -0.25) is 4.90 Å². The second-order valence-electron chi connectivity index (χ2n) is 5.79. The van der Waals surface area contributed by atoms with E-state index in [-0.39, 0.29) is 0 Å². The highest BCUT2D eigenvalue weighted by molar-refractivity contribution is 6.18. The molecule has 0 bridgehead atoms. The van der Waals surface area contributed by atoms with Crippen LogP contribution < -0.4 is 0 Å². The van der Waals surface area contributed by atoms with Gasteiger partial charge in [-0.1, -0.05) is 38.1 Å². The molecule has 0 N–H and O–H groups in total. The summed E-state index contributed by atoms with van der Waals surface area (Å²) in [4.78, 5) is 2.54. The third-order valence-electron chi connectivity index (χ3n) is 3.87. The van der Waals surface area contributed by atoms with E-state index in [1.165, 1.54) is 30.5 Å². The first-order chi connectivity index (χ1) is 8.69. The zero-order chi connectivity index (χ0) is 13.0. The lowest BCUT2D eigenvalue weighted by atomic mass is 9.98. The Kier molecular flexibility index (Phi) is 5.08. The topological polar surface area (TPSA) is 3.24 Å². The maximum absolute atomic E-state index is 5.98. The van der Waals surface area contributed by atoms with Crippen molar-refractivity contribution in [3.63, 3.8) is 0 Å². The minimum atomic E-state index is 0.620. The van der Waals surface area contributed by atoms with Crippen LogP contribution in [-0.4, -0.2) is 23.9 Å². The molecule has 0 aromatic heterocycles. The maximum Gasteiger partial charge on any atom is 0.0263 e. The fourth-order valence-corrected chi connectivity index (χ4v) is 2.94. The van der Waals surface area contributed by atoms with Gasteiger partial charge in [-0.25, -0.2) is 0 Å². The van der Waals surface area contributed by atoms with Crippen molar-refractivity contribution in [3.05, 3.63) is 35.4 Å². The number of hydrogen-bond acceptors (Lipinski definition) is 1. The van der Waals surface area contributed by atoms with Gasteiger partial charge in [0.2, 0.25) is 0 Å². The Labute approximate surface area is 116 Å². The van der Waals surface area contributed by atoms with Gasteiger partial charge in [0, 0.05) is 19.0 Å². The molecule has 1 aromatic carbocycles. The Morgan fingerprint density at radius 2 is 2.00 bits per heavy atom. The van der Waals surface area contributed by atoms with Crippen LogP contribution in [0.25, 0.3) is 0 Å². The van der Waals surface area contributed by atoms with Gasteiger partial charge >= 0.3 is 0 Å². The Morgan fingerprint density at radius 3 is 2.61 bits per heavy atom. The van der Waals surface area contributed by atoms with Crippen molar-refractivity contribution in [3.8, 4) is 0 Å². The average Bonchev–Trinajstić information content (AvgIpc) is 2.39. The van der Waals surface area contributed by atoms with Crippen molar-refractivity contribution in [2.24, 2.45) is 5.92 Å². The number of piperidine rings is 1. The fraction of sp³-hybridized carbons (Fsp3) is 0.625. The van der Waals surface area contributed by atoms with Gasteiger partial charge in [0.25, 0.3) is 0 Å². The summed E-state index contributed by atoms with van der Waals surface area (Å²) < 4.78 is 0. The third-order valence-corrected chi connectivity index (χ3v) is 4.31. The Bertz CT molecular complexity index is 358. The number of likely N-dealkylation sites (tertiary alicyclic amines) is 1. The van der Waals surface area contributed by atoms with Crippen LogP contribution in [0.5, 0.6) is 0 Å². The van der Waals surface area contributed by atoms with E-state index in [4.69, 9.17) is 11.6 Å². The minimum Gasteiger partial charge on any atom is -0.299 e. The number of hydrogen-bond donors (Lipinski definition) is 0. The number of benzene rings is 1. The molecule has 1 aromatic rings. The summed E-state index contributed by atoms with van der Waals surface area (Å²) in [6, 6.07) is 9.09. The van der Waals surface area contributed by atoms with E-state index < -0.39 is 0 Å². The Balaban J connectivity index is 1.92. The minimum absolute atomic E-state index is 0.620. The predicted octanol–water partition coefficient (Wildman–Crippen LogP) is 4.26. The molecular weight excluding hydrogens is 242 g/mol. The highest BCUT2D eigenvalue weighted by atomic mass is 35.5. The van der Waals surface area contributed by atoms with Crippen molar-refractivity contribution < 1.29 is 0 Å². The van der Waals surface area contributed by atoms with E-state index in [0.717, 1.165) is 19.0 Å². The molecule has 0 saturated carbocycles. The van der Waals surface area contributed by atoms with Crippen LogP contribution in [0.15, 0.2) is 24.3 Å². The lowest BCUT2D eigenvalue weighted by molar-refractivity contribution is 0.178. The van der Waals surface area contributed by atoms with Crippen molar-refractivity contribution in [1.29, 1.82) is 0 Å². The first-order valence-corrected chi connectivity index (χ1v) is 7.59. The van der Waals surface area contributed by atoms with Gasteiger partial charge in [-0.05, 0) is 42.3 Å². The van der Waals surface area contributed by atoms with Crippen LogP contribution in [0.1, 0.15) is 43.7 Å². The molecule has 2 rings (SSSR count). The summed E-state index contributed by atoms with van der Waals surface area (Å²) in [7, 11) is 0. The van der Waals surface area contributed by atoms with Gasteiger partial charge in [0.15, 0.2) is 0 Å². The largest absolute Gasteiger partial charge is 0.299 e. The van der Waals surface area contributed by atoms with Crippen LogP contribution in [0.4, 0.5) is 0 Å². The third kappa shape index (κ3) is 3.73. The molecule has 1 heterocycles. The Hall–Kier alpha value is -0.530. The smallest absolute Gasteiger partial charge is 0.0263 e. The molecule has 1 fully saturated rings. The molecule has 1 aliphatic heterocycles. The van der Waals surface area contributed by atoms with Crippen molar-refractivity contribution >= 4 is 11.6 Å². The second kappa shape index (κ2) is 6.58.